The summed E-state index contributed by atoms with van der Waals surface area (Å²) in [7, 11) is 0. The van der Waals surface area contributed by atoms with Crippen LogP contribution in [0, 0.1) is 0 Å². The predicted molar refractivity (Wildman–Crippen MR) is 353 cm³/mol. The first-order valence-electron chi connectivity index (χ1n) is 34.0. The lowest BCUT2D eigenvalue weighted by Crippen LogP contribution is -2.30. The lowest BCUT2D eigenvalue weighted by atomic mass is 10.0. The van der Waals surface area contributed by atoms with Crippen LogP contribution in [0.5, 0.6) is 0 Å². The van der Waals surface area contributed by atoms with Gasteiger partial charge < -0.3 is 14.2 Å². The molecule has 462 valence electrons. The lowest BCUT2D eigenvalue weighted by Gasteiger charge is -2.18. The van der Waals surface area contributed by atoms with Crippen LogP contribution in [0.25, 0.3) is 0 Å². The van der Waals surface area contributed by atoms with Crippen molar-refractivity contribution in [1.82, 2.24) is 0 Å². The van der Waals surface area contributed by atoms with Gasteiger partial charge >= 0.3 is 17.9 Å². The van der Waals surface area contributed by atoms with Crippen LogP contribution in [-0.2, 0) is 28.6 Å². The lowest BCUT2D eigenvalue weighted by molar-refractivity contribution is -0.167. The van der Waals surface area contributed by atoms with Gasteiger partial charge in [-0.05, 0) is 128 Å². The second kappa shape index (κ2) is 68.3. The summed E-state index contributed by atoms with van der Waals surface area (Å²) in [5, 5.41) is 0. The van der Waals surface area contributed by atoms with E-state index in [1.54, 1.807) is 0 Å². The van der Waals surface area contributed by atoms with E-state index in [4.69, 9.17) is 14.2 Å². The largest absolute Gasteiger partial charge is 0.462 e. The van der Waals surface area contributed by atoms with Crippen LogP contribution in [-0.4, -0.2) is 37.2 Å². The molecule has 0 N–H and O–H groups in total. The third kappa shape index (κ3) is 66.5. The van der Waals surface area contributed by atoms with Gasteiger partial charge in [0, 0.05) is 19.3 Å². The van der Waals surface area contributed by atoms with E-state index in [2.05, 4.69) is 142 Å². The molecule has 6 heteroatoms. The van der Waals surface area contributed by atoms with Crippen LogP contribution in [0.1, 0.15) is 316 Å². The highest BCUT2D eigenvalue weighted by atomic mass is 16.6. The summed E-state index contributed by atoms with van der Waals surface area (Å²) in [5.74, 6) is -0.939. The van der Waals surface area contributed by atoms with E-state index in [1.807, 2.05) is 0 Å². The summed E-state index contributed by atoms with van der Waals surface area (Å²) in [6.45, 7) is 6.39. The first-order chi connectivity index (χ1) is 40.0. The Balaban J connectivity index is 4.35. The topological polar surface area (TPSA) is 78.9 Å². The van der Waals surface area contributed by atoms with E-state index in [1.165, 1.54) is 154 Å². The maximum absolute atomic E-state index is 12.9. The van der Waals surface area contributed by atoms with Crippen LogP contribution in [0.2, 0.25) is 0 Å². The van der Waals surface area contributed by atoms with Crippen LogP contribution < -0.4 is 0 Å². The number of unbranched alkanes of at least 4 members (excludes halogenated alkanes) is 30. The van der Waals surface area contributed by atoms with Crippen molar-refractivity contribution < 1.29 is 28.6 Å². The zero-order chi connectivity index (χ0) is 58.5. The van der Waals surface area contributed by atoms with Gasteiger partial charge in [-0.15, -0.1) is 0 Å². The predicted octanol–water partition coefficient (Wildman–Crippen LogP) is 23.6. The Kier molecular flexibility index (Phi) is 64.8. The van der Waals surface area contributed by atoms with Crippen molar-refractivity contribution in [2.24, 2.45) is 0 Å². The number of rotatable bonds is 61. The van der Waals surface area contributed by atoms with Gasteiger partial charge in [-0.3, -0.25) is 14.4 Å². The molecule has 1 atom stereocenters. The smallest absolute Gasteiger partial charge is 0.306 e. The fraction of sp³-hybridized carbons (Fsp3) is 0.693. The Bertz CT molecular complexity index is 1670. The fourth-order valence-corrected chi connectivity index (χ4v) is 9.40. The molecule has 0 bridgehead atoms. The number of hydrogen-bond acceptors (Lipinski definition) is 6. The van der Waals surface area contributed by atoms with Gasteiger partial charge in [0.1, 0.15) is 13.2 Å². The maximum atomic E-state index is 12.9. The fourth-order valence-electron chi connectivity index (χ4n) is 9.40. The molecule has 0 aliphatic carbocycles. The molecule has 0 saturated carbocycles. The Morgan fingerprint density at radius 1 is 0.259 bits per heavy atom. The summed E-state index contributed by atoms with van der Waals surface area (Å²) in [6, 6.07) is 0. The van der Waals surface area contributed by atoms with Crippen molar-refractivity contribution in [3.63, 3.8) is 0 Å². The van der Waals surface area contributed by atoms with E-state index in [9.17, 15) is 14.4 Å². The maximum Gasteiger partial charge on any atom is 0.306 e. The number of ether oxygens (including phenoxy) is 3. The van der Waals surface area contributed by atoms with E-state index in [0.717, 1.165) is 122 Å². The molecule has 6 nitrogen and oxygen atoms in total. The summed E-state index contributed by atoms with van der Waals surface area (Å²) >= 11 is 0. The van der Waals surface area contributed by atoms with E-state index in [0.29, 0.717) is 19.3 Å². The average Bonchev–Trinajstić information content (AvgIpc) is 3.47. The van der Waals surface area contributed by atoms with E-state index in [-0.39, 0.29) is 31.1 Å². The average molecular weight is 1120 g/mol. The van der Waals surface area contributed by atoms with Gasteiger partial charge in [0.05, 0.1) is 0 Å². The highest BCUT2D eigenvalue weighted by molar-refractivity contribution is 5.71. The molecule has 81 heavy (non-hydrogen) atoms. The van der Waals surface area contributed by atoms with Crippen molar-refractivity contribution in [2.45, 2.75) is 322 Å². The van der Waals surface area contributed by atoms with Crippen molar-refractivity contribution in [2.75, 3.05) is 13.2 Å². The minimum atomic E-state index is -0.804. The molecular weight excluding hydrogens is 997 g/mol. The van der Waals surface area contributed by atoms with Crippen LogP contribution in [0.15, 0.2) is 122 Å². The van der Waals surface area contributed by atoms with Crippen LogP contribution >= 0.6 is 0 Å². The van der Waals surface area contributed by atoms with Crippen LogP contribution in [0.4, 0.5) is 0 Å². The molecule has 0 fully saturated rings. The quantitative estimate of drug-likeness (QED) is 0.0261. The number of carbonyl (C=O) groups excluding carboxylic acids is 3. The number of esters is 3. The monoisotopic (exact) mass is 1120 g/mol. The highest BCUT2D eigenvalue weighted by Crippen LogP contribution is 2.16. The molecule has 1 unspecified atom stereocenters. The Morgan fingerprint density at radius 2 is 0.481 bits per heavy atom. The normalized spacial score (nSPS) is 12.9. The Hall–Kier alpha value is -4.19. The molecule has 0 rings (SSSR count). The minimum Gasteiger partial charge on any atom is -0.462 e. The molecule has 0 amide bonds. The molecular formula is C75H126O6. The molecule has 0 aromatic rings. The van der Waals surface area contributed by atoms with Crippen molar-refractivity contribution in [1.29, 1.82) is 0 Å². The standard InChI is InChI=1S/C75H126O6/c1-4-7-10-13-16-19-22-25-28-30-32-34-35-36-37-38-39-41-42-44-47-50-53-56-59-62-65-68-74(77)80-71-72(70-79-73(76)67-64-61-58-55-52-49-46-27-24-21-18-15-12-9-6-3)81-75(78)69-66-63-60-57-54-51-48-45-43-40-33-31-29-26-23-20-17-14-11-8-5-2/h8-9,11-12,17-18,20-22,25-27,29-30,32-33,40,46,52,55,72H,4-7,10,13-16,19,23-24,28,31,34-39,41-45,47-51,53-54,56-71H2,1-3H3/b11-8-,12-9-,20-17-,21-18-,25-22-,29-26-,32-30-,40-33-,46-27-,55-52-. The molecule has 0 saturated heterocycles. The zero-order valence-corrected chi connectivity index (χ0v) is 53.0. The van der Waals surface area contributed by atoms with Crippen LogP contribution in [0.3, 0.4) is 0 Å². The molecule has 0 aromatic heterocycles. The highest BCUT2D eigenvalue weighted by Gasteiger charge is 2.19. The first-order valence-corrected chi connectivity index (χ1v) is 34.0. The summed E-state index contributed by atoms with van der Waals surface area (Å²) < 4.78 is 16.9. The third-order valence-corrected chi connectivity index (χ3v) is 14.4. The SMILES string of the molecule is CC/C=C\C/C=C\C/C=C\C/C=C\CCCCCCCCCCC(=O)OC(COC(=O)CCCC/C=C\C/C=C\C/C=C\C/C=C\CC)COC(=O)CCCCCCCCCCCCCCCCC/C=C\C/C=C\CCCCCCC. The molecule has 0 heterocycles. The van der Waals surface area contributed by atoms with Gasteiger partial charge in [-0.1, -0.05) is 290 Å². The minimum absolute atomic E-state index is 0.0956. The van der Waals surface area contributed by atoms with E-state index < -0.39 is 6.10 Å². The zero-order valence-electron chi connectivity index (χ0n) is 53.0. The number of hydrogen-bond donors (Lipinski definition) is 0. The molecule has 0 spiro atoms. The molecule has 0 aliphatic rings. The van der Waals surface area contributed by atoms with Crippen molar-refractivity contribution in [3.8, 4) is 0 Å². The van der Waals surface area contributed by atoms with Crippen molar-refractivity contribution >= 4 is 17.9 Å². The van der Waals surface area contributed by atoms with Gasteiger partial charge in [0.2, 0.25) is 0 Å². The number of allylic oxidation sites excluding steroid dienone is 20. The summed E-state index contributed by atoms with van der Waals surface area (Å²) in [5.41, 5.74) is 0. The van der Waals surface area contributed by atoms with Gasteiger partial charge in [0.15, 0.2) is 6.10 Å². The van der Waals surface area contributed by atoms with Gasteiger partial charge in [-0.2, -0.15) is 0 Å². The summed E-state index contributed by atoms with van der Waals surface area (Å²) in [6.07, 6.45) is 95.1. The van der Waals surface area contributed by atoms with E-state index >= 15 is 0 Å². The Morgan fingerprint density at radius 3 is 0.778 bits per heavy atom. The molecule has 0 aromatic carbocycles. The molecule has 0 radical (unpaired) electrons. The second-order valence-electron chi connectivity index (χ2n) is 22.3. The van der Waals surface area contributed by atoms with Gasteiger partial charge in [0.25, 0.3) is 0 Å². The third-order valence-electron chi connectivity index (χ3n) is 14.4. The summed E-state index contributed by atoms with van der Waals surface area (Å²) in [4.78, 5) is 38.4. The van der Waals surface area contributed by atoms with Gasteiger partial charge in [-0.25, -0.2) is 0 Å². The van der Waals surface area contributed by atoms with Crippen molar-refractivity contribution in [3.05, 3.63) is 122 Å². The Labute approximate surface area is 501 Å². The molecule has 0 aliphatic heterocycles. The number of carbonyl (C=O) groups is 3. The second-order valence-corrected chi connectivity index (χ2v) is 22.3. The first kappa shape index (κ1) is 76.8.